The maximum absolute atomic E-state index is 12.6. The van der Waals surface area contributed by atoms with Crippen LogP contribution in [0.3, 0.4) is 0 Å². The lowest BCUT2D eigenvalue weighted by Crippen LogP contribution is -2.15. The van der Waals surface area contributed by atoms with Gasteiger partial charge in [-0.1, -0.05) is 18.2 Å². The number of hydrogen-bond acceptors (Lipinski definition) is 5. The molecule has 6 nitrogen and oxygen atoms in total. The average molecular weight is 394 g/mol. The molecule has 0 fully saturated rings. The Morgan fingerprint density at radius 1 is 0.929 bits per heavy atom. The molecule has 3 aromatic rings. The van der Waals surface area contributed by atoms with E-state index >= 15 is 0 Å². The molecule has 0 saturated heterocycles. The Bertz CT molecular complexity index is 1030. The molecule has 2 N–H and O–H groups in total. The summed E-state index contributed by atoms with van der Waals surface area (Å²) in [5.41, 5.74) is 2.42. The zero-order valence-electron chi connectivity index (χ0n) is 15.3. The fourth-order valence-corrected chi connectivity index (χ4v) is 3.25. The molecule has 0 bridgehead atoms. The first-order valence-electron chi connectivity index (χ1n) is 8.44. The summed E-state index contributed by atoms with van der Waals surface area (Å²) in [5.74, 6) is -1.04. The molecule has 0 saturated carbocycles. The van der Waals surface area contributed by atoms with E-state index in [9.17, 15) is 14.4 Å². The van der Waals surface area contributed by atoms with Crippen LogP contribution in [0.1, 0.15) is 36.0 Å². The van der Waals surface area contributed by atoms with Crippen LogP contribution in [0.5, 0.6) is 0 Å². The maximum atomic E-state index is 12.6. The van der Waals surface area contributed by atoms with E-state index in [0.717, 1.165) is 0 Å². The summed E-state index contributed by atoms with van der Waals surface area (Å²) in [4.78, 5) is 37.2. The number of anilines is 2. The van der Waals surface area contributed by atoms with E-state index in [2.05, 4.69) is 10.6 Å². The van der Waals surface area contributed by atoms with Crippen LogP contribution in [0, 0.1) is 6.92 Å². The minimum absolute atomic E-state index is 0.228. The minimum atomic E-state index is -0.466. The van der Waals surface area contributed by atoms with Gasteiger partial charge in [-0.3, -0.25) is 9.59 Å². The summed E-state index contributed by atoms with van der Waals surface area (Å²) in [6.07, 6.45) is 0. The second-order valence-electron chi connectivity index (χ2n) is 5.94. The van der Waals surface area contributed by atoms with Crippen molar-refractivity contribution in [2.75, 3.05) is 17.7 Å². The van der Waals surface area contributed by atoms with Crippen molar-refractivity contribution in [3.63, 3.8) is 0 Å². The van der Waals surface area contributed by atoms with Crippen LogP contribution in [-0.2, 0) is 4.74 Å². The molecule has 28 heavy (non-hydrogen) atoms. The Kier molecular flexibility index (Phi) is 5.86. The highest BCUT2D eigenvalue weighted by atomic mass is 32.1. The first-order valence-corrected chi connectivity index (χ1v) is 9.31. The van der Waals surface area contributed by atoms with E-state index in [1.54, 1.807) is 61.5 Å². The lowest BCUT2D eigenvalue weighted by molar-refractivity contribution is 0.0599. The number of amides is 2. The first kappa shape index (κ1) is 19.3. The third kappa shape index (κ3) is 4.27. The second-order valence-corrected chi connectivity index (χ2v) is 6.88. The summed E-state index contributed by atoms with van der Waals surface area (Å²) in [6, 6.07) is 15.2. The zero-order valence-corrected chi connectivity index (χ0v) is 16.1. The third-order valence-corrected chi connectivity index (χ3v) is 4.98. The topological polar surface area (TPSA) is 84.5 Å². The van der Waals surface area contributed by atoms with Crippen molar-refractivity contribution in [1.82, 2.24) is 0 Å². The number of carbonyl (C=O) groups excluding carboxylic acids is 3. The maximum Gasteiger partial charge on any atom is 0.338 e. The van der Waals surface area contributed by atoms with Gasteiger partial charge in [-0.2, -0.15) is 0 Å². The Labute approximate surface area is 166 Å². The van der Waals surface area contributed by atoms with Gasteiger partial charge in [0.1, 0.15) is 0 Å². The molecule has 1 heterocycles. The number of nitrogens with one attached hydrogen (secondary N) is 2. The normalized spacial score (nSPS) is 10.2. The van der Waals surface area contributed by atoms with E-state index in [4.69, 9.17) is 4.74 Å². The van der Waals surface area contributed by atoms with Gasteiger partial charge >= 0.3 is 5.97 Å². The molecule has 1 aromatic heterocycles. The fourth-order valence-electron chi connectivity index (χ4n) is 2.64. The van der Waals surface area contributed by atoms with E-state index in [1.165, 1.54) is 18.4 Å². The van der Waals surface area contributed by atoms with Crippen LogP contribution in [-0.4, -0.2) is 24.9 Å². The van der Waals surface area contributed by atoms with Crippen LogP contribution in [0.15, 0.2) is 60.0 Å². The van der Waals surface area contributed by atoms with Gasteiger partial charge in [0.2, 0.25) is 0 Å². The number of methoxy groups -OCH3 is 1. The van der Waals surface area contributed by atoms with Gasteiger partial charge in [0.25, 0.3) is 11.8 Å². The first-order chi connectivity index (χ1) is 13.5. The predicted molar refractivity (Wildman–Crippen MR) is 109 cm³/mol. The van der Waals surface area contributed by atoms with Crippen molar-refractivity contribution in [1.29, 1.82) is 0 Å². The smallest absolute Gasteiger partial charge is 0.338 e. The van der Waals surface area contributed by atoms with Gasteiger partial charge in [0.15, 0.2) is 0 Å². The van der Waals surface area contributed by atoms with Crippen LogP contribution in [0.4, 0.5) is 11.4 Å². The fraction of sp³-hybridized carbons (Fsp3) is 0.0952. The second kappa shape index (κ2) is 8.49. The van der Waals surface area contributed by atoms with Crippen LogP contribution in [0.25, 0.3) is 0 Å². The number of benzene rings is 2. The van der Waals surface area contributed by atoms with Crippen molar-refractivity contribution in [2.24, 2.45) is 0 Å². The van der Waals surface area contributed by atoms with Crippen LogP contribution >= 0.6 is 11.3 Å². The monoisotopic (exact) mass is 394 g/mol. The quantitative estimate of drug-likeness (QED) is 0.630. The number of esters is 1. The molecule has 0 atom stereocenters. The van der Waals surface area contributed by atoms with Gasteiger partial charge in [-0.25, -0.2) is 4.79 Å². The minimum Gasteiger partial charge on any atom is -0.465 e. The Morgan fingerprint density at radius 2 is 1.71 bits per heavy atom. The summed E-state index contributed by atoms with van der Waals surface area (Å²) < 4.78 is 4.75. The molecule has 2 amide bonds. The highest BCUT2D eigenvalue weighted by Crippen LogP contribution is 2.21. The summed E-state index contributed by atoms with van der Waals surface area (Å²) >= 11 is 1.34. The van der Waals surface area contributed by atoms with Crippen molar-refractivity contribution in [3.05, 3.63) is 81.5 Å². The summed E-state index contributed by atoms with van der Waals surface area (Å²) in [7, 11) is 1.31. The van der Waals surface area contributed by atoms with Crippen LogP contribution < -0.4 is 10.6 Å². The Morgan fingerprint density at radius 3 is 2.43 bits per heavy atom. The van der Waals surface area contributed by atoms with E-state index in [0.29, 0.717) is 32.9 Å². The average Bonchev–Trinajstić information content (AvgIpc) is 3.24. The van der Waals surface area contributed by atoms with Crippen LogP contribution in [0.2, 0.25) is 0 Å². The van der Waals surface area contributed by atoms with E-state index in [-0.39, 0.29) is 11.8 Å². The van der Waals surface area contributed by atoms with Gasteiger partial charge < -0.3 is 15.4 Å². The third-order valence-electron chi connectivity index (χ3n) is 4.11. The van der Waals surface area contributed by atoms with Gasteiger partial charge in [0.05, 0.1) is 17.6 Å². The molecule has 0 spiro atoms. The van der Waals surface area contributed by atoms with Crippen molar-refractivity contribution >= 4 is 40.5 Å². The number of carbonyl (C=O) groups is 3. The summed E-state index contributed by atoms with van der Waals surface area (Å²) in [6.45, 7) is 1.74. The highest BCUT2D eigenvalue weighted by Gasteiger charge is 2.15. The molecule has 2 aromatic carbocycles. The lowest BCUT2D eigenvalue weighted by Gasteiger charge is -2.12. The molecule has 7 heteroatoms. The standard InChI is InChI=1S/C21H18N2O4S/c1-13-16(21(26)27-2)8-4-9-17(13)23-19(24)14-6-3-7-15(12-14)22-20(25)18-10-5-11-28-18/h3-12H,1-2H3,(H,22,25)(H,23,24). The molecule has 142 valence electrons. The molecule has 3 rings (SSSR count). The largest absolute Gasteiger partial charge is 0.465 e. The Balaban J connectivity index is 1.77. The molecule has 0 aliphatic heterocycles. The highest BCUT2D eigenvalue weighted by molar-refractivity contribution is 7.12. The van der Waals surface area contributed by atoms with Gasteiger partial charge in [-0.05, 0) is 54.3 Å². The predicted octanol–water partition coefficient (Wildman–Crippen LogP) is 4.35. The molecule has 0 aliphatic carbocycles. The van der Waals surface area contributed by atoms with Crippen molar-refractivity contribution < 1.29 is 19.1 Å². The zero-order chi connectivity index (χ0) is 20.1. The van der Waals surface area contributed by atoms with Gasteiger partial charge in [0, 0.05) is 16.9 Å². The summed E-state index contributed by atoms with van der Waals surface area (Å²) in [5, 5.41) is 7.40. The molecule has 0 radical (unpaired) electrons. The van der Waals surface area contributed by atoms with E-state index in [1.807, 2.05) is 5.38 Å². The molecular formula is C21H18N2O4S. The molecular weight excluding hydrogens is 376 g/mol. The lowest BCUT2D eigenvalue weighted by atomic mass is 10.1. The Hall–Kier alpha value is -3.45. The van der Waals surface area contributed by atoms with Crippen molar-refractivity contribution in [3.8, 4) is 0 Å². The number of hydrogen-bond donors (Lipinski definition) is 2. The van der Waals surface area contributed by atoms with E-state index < -0.39 is 5.97 Å². The number of thiophene rings is 1. The molecule has 0 aliphatic rings. The number of rotatable bonds is 5. The van der Waals surface area contributed by atoms with Gasteiger partial charge in [-0.15, -0.1) is 11.3 Å². The SMILES string of the molecule is COC(=O)c1cccc(NC(=O)c2cccc(NC(=O)c3cccs3)c2)c1C. The van der Waals surface area contributed by atoms with Crippen molar-refractivity contribution in [2.45, 2.75) is 6.92 Å². The number of ether oxygens (including phenoxy) is 1. The molecule has 0 unspecified atom stereocenters.